The summed E-state index contributed by atoms with van der Waals surface area (Å²) in [5, 5.41) is 10.9. The maximum Gasteiger partial charge on any atom is 0.309 e. The summed E-state index contributed by atoms with van der Waals surface area (Å²) < 4.78 is 5.39. The van der Waals surface area contributed by atoms with Gasteiger partial charge in [0.2, 0.25) is 0 Å². The van der Waals surface area contributed by atoms with Crippen molar-refractivity contribution in [2.75, 3.05) is 31.1 Å². The molecule has 3 N–H and O–H groups in total. The van der Waals surface area contributed by atoms with Gasteiger partial charge in [0.15, 0.2) is 0 Å². The minimum absolute atomic E-state index is 0.0833. The van der Waals surface area contributed by atoms with Crippen molar-refractivity contribution in [1.29, 1.82) is 0 Å². The Morgan fingerprint density at radius 1 is 1.27 bits per heavy atom. The number of piperazine rings is 1. The molecule has 0 atom stereocenters. The summed E-state index contributed by atoms with van der Waals surface area (Å²) in [6.45, 7) is 9.38. The molecule has 0 amide bonds. The Bertz CT molecular complexity index is 747. The van der Waals surface area contributed by atoms with E-state index in [9.17, 15) is 9.90 Å². The van der Waals surface area contributed by atoms with Crippen LogP contribution in [0.1, 0.15) is 58.6 Å². The van der Waals surface area contributed by atoms with Crippen LogP contribution in [0.15, 0.2) is 18.3 Å². The van der Waals surface area contributed by atoms with Crippen molar-refractivity contribution in [3.63, 3.8) is 0 Å². The van der Waals surface area contributed by atoms with Crippen molar-refractivity contribution in [1.82, 2.24) is 9.88 Å². The van der Waals surface area contributed by atoms with Gasteiger partial charge in [0.05, 0.1) is 29.6 Å². The van der Waals surface area contributed by atoms with E-state index >= 15 is 0 Å². The topological polar surface area (TPSA) is 91.9 Å². The van der Waals surface area contributed by atoms with Crippen LogP contribution < -0.4 is 10.6 Å². The molecule has 2 heterocycles. The van der Waals surface area contributed by atoms with E-state index < -0.39 is 11.2 Å². The van der Waals surface area contributed by atoms with Gasteiger partial charge in [0.1, 0.15) is 10.6 Å². The van der Waals surface area contributed by atoms with E-state index in [0.29, 0.717) is 29.6 Å². The average molecular weight is 435 g/mol. The fourth-order valence-electron chi connectivity index (χ4n) is 4.39. The first-order valence-corrected chi connectivity index (χ1v) is 11.1. The normalized spacial score (nSPS) is 25.7. The van der Waals surface area contributed by atoms with Gasteiger partial charge in [-0.05, 0) is 58.6 Å². The van der Waals surface area contributed by atoms with Gasteiger partial charge in [-0.3, -0.25) is 14.7 Å². The van der Waals surface area contributed by atoms with Crippen LogP contribution >= 0.6 is 12.2 Å². The molecule has 0 aromatic carbocycles. The Morgan fingerprint density at radius 3 is 2.40 bits per heavy atom. The van der Waals surface area contributed by atoms with Crippen molar-refractivity contribution in [3.8, 4) is 0 Å². The summed E-state index contributed by atoms with van der Waals surface area (Å²) >= 11 is 4.96. The van der Waals surface area contributed by atoms with Crippen LogP contribution in [-0.4, -0.2) is 69.4 Å². The maximum absolute atomic E-state index is 12.1. The number of thiocarbonyl (C=S) groups is 1. The zero-order valence-electron chi connectivity index (χ0n) is 18.3. The molecular formula is C22H34N4O3S. The predicted molar refractivity (Wildman–Crippen MR) is 122 cm³/mol. The van der Waals surface area contributed by atoms with Crippen molar-refractivity contribution in [3.05, 3.63) is 24.0 Å². The average Bonchev–Trinajstić information content (AvgIpc) is 2.67. The molecule has 0 radical (unpaired) electrons. The third-order valence-corrected chi connectivity index (χ3v) is 6.18. The van der Waals surface area contributed by atoms with Gasteiger partial charge < -0.3 is 20.5 Å². The van der Waals surface area contributed by atoms with E-state index in [1.807, 2.05) is 39.1 Å². The van der Waals surface area contributed by atoms with Gasteiger partial charge in [-0.2, -0.15) is 0 Å². The molecule has 2 aliphatic rings. The summed E-state index contributed by atoms with van der Waals surface area (Å²) in [6, 6.07) is 4.35. The number of anilines is 1. The lowest BCUT2D eigenvalue weighted by Gasteiger charge is -2.44. The summed E-state index contributed by atoms with van der Waals surface area (Å²) in [6.07, 6.45) is 5.01. The number of ether oxygens (including phenoxy) is 1. The Kier molecular flexibility index (Phi) is 6.99. The highest BCUT2D eigenvalue weighted by Gasteiger charge is 2.38. The zero-order valence-corrected chi connectivity index (χ0v) is 19.1. The van der Waals surface area contributed by atoms with Crippen LogP contribution in [0, 0.1) is 0 Å². The lowest BCUT2D eigenvalue weighted by atomic mass is 9.79. The van der Waals surface area contributed by atoms with Gasteiger partial charge >= 0.3 is 5.97 Å². The van der Waals surface area contributed by atoms with Crippen molar-refractivity contribution in [2.45, 2.75) is 70.1 Å². The second kappa shape index (κ2) is 9.16. The molecule has 1 aromatic rings. The van der Waals surface area contributed by atoms with Crippen LogP contribution in [0.5, 0.6) is 0 Å². The lowest BCUT2D eigenvalue weighted by Crippen LogP contribution is -2.52. The van der Waals surface area contributed by atoms with Gasteiger partial charge in [-0.1, -0.05) is 12.2 Å². The number of nitrogens with zero attached hydrogens (tertiary/aromatic N) is 3. The lowest BCUT2D eigenvalue weighted by molar-refractivity contribution is -0.162. The summed E-state index contributed by atoms with van der Waals surface area (Å²) in [7, 11) is 0. The third-order valence-electron chi connectivity index (χ3n) is 5.98. The van der Waals surface area contributed by atoms with Crippen molar-refractivity contribution < 1.29 is 14.6 Å². The predicted octanol–water partition coefficient (Wildman–Crippen LogP) is 2.24. The zero-order chi connectivity index (χ0) is 21.9. The minimum Gasteiger partial charge on any atom is -0.460 e. The van der Waals surface area contributed by atoms with E-state index in [0.717, 1.165) is 44.7 Å². The number of rotatable bonds is 5. The monoisotopic (exact) mass is 434 g/mol. The summed E-state index contributed by atoms with van der Waals surface area (Å²) in [5.41, 5.74) is 5.91. The molecule has 0 bridgehead atoms. The van der Waals surface area contributed by atoms with Crippen LogP contribution in [0.3, 0.4) is 0 Å². The molecule has 0 unspecified atom stereocenters. The molecule has 1 aromatic heterocycles. The Balaban J connectivity index is 1.46. The van der Waals surface area contributed by atoms with E-state index in [2.05, 4.69) is 14.8 Å². The quantitative estimate of drug-likeness (QED) is 0.539. The van der Waals surface area contributed by atoms with Crippen LogP contribution in [0.25, 0.3) is 0 Å². The highest BCUT2D eigenvalue weighted by molar-refractivity contribution is 7.80. The fourth-order valence-corrected chi connectivity index (χ4v) is 4.51. The second-order valence-corrected chi connectivity index (χ2v) is 9.95. The van der Waals surface area contributed by atoms with Crippen LogP contribution in [0.2, 0.25) is 0 Å². The number of pyridine rings is 1. The highest BCUT2D eigenvalue weighted by atomic mass is 32.1. The first kappa shape index (κ1) is 22.9. The van der Waals surface area contributed by atoms with Crippen molar-refractivity contribution >= 4 is 28.9 Å². The summed E-state index contributed by atoms with van der Waals surface area (Å²) in [5.74, 6) is -0.313. The standard InChI is InChI=1S/C22H34N4O3S/c1-21(2,3)29-19(27)14-22(28)8-6-16(7-9-22)25-10-12-26(13-11-25)17-4-5-18(20(23)30)24-15-17/h4-5,15-16,28H,6-14H2,1-3H3,(H2,23,30). The maximum atomic E-state index is 12.1. The smallest absolute Gasteiger partial charge is 0.309 e. The highest BCUT2D eigenvalue weighted by Crippen LogP contribution is 2.34. The van der Waals surface area contributed by atoms with Gasteiger partial charge in [0, 0.05) is 32.2 Å². The van der Waals surface area contributed by atoms with Crippen LogP contribution in [-0.2, 0) is 9.53 Å². The Hall–Kier alpha value is -1.77. The number of esters is 1. The summed E-state index contributed by atoms with van der Waals surface area (Å²) in [4.78, 5) is 21.6. The molecule has 7 nitrogen and oxygen atoms in total. The Morgan fingerprint density at radius 2 is 1.90 bits per heavy atom. The molecule has 0 spiro atoms. The van der Waals surface area contributed by atoms with E-state index in [-0.39, 0.29) is 12.4 Å². The number of carbonyl (C=O) groups is 1. The Labute approximate surface area is 184 Å². The molecular weight excluding hydrogens is 400 g/mol. The third kappa shape index (κ3) is 6.12. The number of carbonyl (C=O) groups excluding carboxylic acids is 1. The number of aromatic nitrogens is 1. The van der Waals surface area contributed by atoms with E-state index in [4.69, 9.17) is 22.7 Å². The number of aliphatic hydroxyl groups is 1. The first-order chi connectivity index (χ1) is 14.0. The number of nitrogens with two attached hydrogens (primary N) is 1. The molecule has 30 heavy (non-hydrogen) atoms. The SMILES string of the molecule is CC(C)(C)OC(=O)CC1(O)CCC(N2CCN(c3ccc(C(N)=S)nc3)CC2)CC1. The van der Waals surface area contributed by atoms with E-state index in [1.165, 1.54) is 0 Å². The molecule has 2 fully saturated rings. The first-order valence-electron chi connectivity index (χ1n) is 10.7. The minimum atomic E-state index is -0.933. The molecule has 166 valence electrons. The largest absolute Gasteiger partial charge is 0.460 e. The molecule has 3 rings (SSSR count). The molecule has 1 saturated carbocycles. The van der Waals surface area contributed by atoms with Gasteiger partial charge in [-0.25, -0.2) is 0 Å². The molecule has 1 aliphatic carbocycles. The van der Waals surface area contributed by atoms with Crippen LogP contribution in [0.4, 0.5) is 5.69 Å². The number of hydrogen-bond donors (Lipinski definition) is 2. The molecule has 1 saturated heterocycles. The molecule has 1 aliphatic heterocycles. The second-order valence-electron chi connectivity index (χ2n) is 9.51. The fraction of sp³-hybridized carbons (Fsp3) is 0.682. The number of hydrogen-bond acceptors (Lipinski definition) is 7. The van der Waals surface area contributed by atoms with Gasteiger partial charge in [0.25, 0.3) is 0 Å². The van der Waals surface area contributed by atoms with E-state index in [1.54, 1.807) is 0 Å². The van der Waals surface area contributed by atoms with Crippen molar-refractivity contribution in [2.24, 2.45) is 5.73 Å². The molecule has 8 heteroatoms. The van der Waals surface area contributed by atoms with Gasteiger partial charge in [-0.15, -0.1) is 0 Å².